The quantitative estimate of drug-likeness (QED) is 0.761. The number of rotatable bonds is 3. The summed E-state index contributed by atoms with van der Waals surface area (Å²) in [5.74, 6) is 0.246. The minimum absolute atomic E-state index is 0.0126. The van der Waals surface area contributed by atoms with Crippen molar-refractivity contribution in [3.05, 3.63) is 71.4 Å². The Morgan fingerprint density at radius 2 is 1.88 bits per heavy atom. The maximum Gasteiger partial charge on any atom is 0.223 e. The van der Waals surface area contributed by atoms with E-state index in [1.54, 1.807) is 0 Å². The van der Waals surface area contributed by atoms with Crippen LogP contribution in [0.5, 0.6) is 0 Å². The zero-order valence-electron chi connectivity index (χ0n) is 14.0. The van der Waals surface area contributed by atoms with Crippen LogP contribution < -0.4 is 0 Å². The van der Waals surface area contributed by atoms with Crippen molar-refractivity contribution < 1.29 is 4.79 Å². The molecule has 24 heavy (non-hydrogen) atoms. The molecule has 2 aromatic carbocycles. The van der Waals surface area contributed by atoms with Crippen LogP contribution in [0.2, 0.25) is 0 Å². The van der Waals surface area contributed by atoms with E-state index in [1.807, 2.05) is 6.07 Å². The van der Waals surface area contributed by atoms with Gasteiger partial charge < -0.3 is 9.88 Å². The summed E-state index contributed by atoms with van der Waals surface area (Å²) in [6.45, 7) is 2.85. The van der Waals surface area contributed by atoms with Gasteiger partial charge in [0.05, 0.1) is 6.04 Å². The normalized spacial score (nSPS) is 17.0. The summed E-state index contributed by atoms with van der Waals surface area (Å²) >= 11 is 0. The van der Waals surface area contributed by atoms with E-state index >= 15 is 0 Å². The second kappa shape index (κ2) is 6.16. The van der Waals surface area contributed by atoms with E-state index in [-0.39, 0.29) is 11.9 Å². The number of aromatic amines is 1. The molecule has 4 rings (SSSR count). The summed E-state index contributed by atoms with van der Waals surface area (Å²) in [5, 5.41) is 1.29. The minimum Gasteiger partial charge on any atom is -0.356 e. The summed E-state index contributed by atoms with van der Waals surface area (Å²) in [5.41, 5.74) is 4.88. The Hall–Kier alpha value is -2.55. The van der Waals surface area contributed by atoms with Crippen molar-refractivity contribution in [1.29, 1.82) is 0 Å². The fourth-order valence-corrected chi connectivity index (χ4v) is 3.85. The Kier molecular flexibility index (Phi) is 3.85. The smallest absolute Gasteiger partial charge is 0.223 e. The largest absolute Gasteiger partial charge is 0.356 e. The highest BCUT2D eigenvalue weighted by molar-refractivity contribution is 5.86. The van der Waals surface area contributed by atoms with Gasteiger partial charge in [-0.15, -0.1) is 0 Å². The zero-order chi connectivity index (χ0) is 16.5. The molecule has 1 atom stereocenters. The number of fused-ring (bicyclic) bond motifs is 3. The van der Waals surface area contributed by atoms with Crippen molar-refractivity contribution in [3.63, 3.8) is 0 Å². The lowest BCUT2D eigenvalue weighted by Gasteiger charge is -2.36. The number of H-pyrrole nitrogens is 1. The van der Waals surface area contributed by atoms with Crippen molar-refractivity contribution in [1.82, 2.24) is 9.88 Å². The van der Waals surface area contributed by atoms with Gasteiger partial charge in [0.2, 0.25) is 5.91 Å². The summed E-state index contributed by atoms with van der Waals surface area (Å²) in [4.78, 5) is 18.4. The summed E-state index contributed by atoms with van der Waals surface area (Å²) in [6, 6.07) is 18.8. The molecule has 0 saturated carbocycles. The molecule has 0 unspecified atom stereocenters. The molecule has 3 heteroatoms. The molecule has 3 nitrogen and oxygen atoms in total. The Labute approximate surface area is 142 Å². The highest BCUT2D eigenvalue weighted by Gasteiger charge is 2.33. The van der Waals surface area contributed by atoms with Crippen molar-refractivity contribution in [2.24, 2.45) is 0 Å². The highest BCUT2D eigenvalue weighted by Crippen LogP contribution is 2.38. The van der Waals surface area contributed by atoms with Gasteiger partial charge in [-0.2, -0.15) is 0 Å². The summed E-state index contributed by atoms with van der Waals surface area (Å²) in [6.07, 6.45) is 2.41. The maximum absolute atomic E-state index is 12.7. The maximum atomic E-state index is 12.7. The molecule has 0 bridgehead atoms. The first kappa shape index (κ1) is 15.0. The van der Waals surface area contributed by atoms with Gasteiger partial charge in [0, 0.05) is 29.6 Å². The van der Waals surface area contributed by atoms with Crippen molar-refractivity contribution in [2.75, 3.05) is 6.54 Å². The second-order valence-corrected chi connectivity index (χ2v) is 6.46. The third kappa shape index (κ3) is 2.41. The van der Waals surface area contributed by atoms with E-state index < -0.39 is 0 Å². The monoisotopic (exact) mass is 318 g/mol. The van der Waals surface area contributed by atoms with E-state index in [0.717, 1.165) is 24.9 Å². The average molecular weight is 318 g/mol. The lowest BCUT2D eigenvalue weighted by molar-refractivity contribution is -0.133. The number of hydrogen-bond donors (Lipinski definition) is 1. The lowest BCUT2D eigenvalue weighted by atomic mass is 9.92. The number of hydrogen-bond acceptors (Lipinski definition) is 1. The predicted molar refractivity (Wildman–Crippen MR) is 96.9 cm³/mol. The number of para-hydroxylation sites is 1. The van der Waals surface area contributed by atoms with Crippen molar-refractivity contribution in [3.8, 4) is 0 Å². The van der Waals surface area contributed by atoms with Crippen LogP contribution in [-0.4, -0.2) is 22.3 Å². The van der Waals surface area contributed by atoms with Gasteiger partial charge in [-0.05, 0) is 30.0 Å². The van der Waals surface area contributed by atoms with E-state index in [1.165, 1.54) is 22.2 Å². The van der Waals surface area contributed by atoms with Gasteiger partial charge in [0.1, 0.15) is 0 Å². The molecule has 0 fully saturated rings. The molecule has 0 saturated heterocycles. The fourth-order valence-electron chi connectivity index (χ4n) is 3.85. The number of amides is 1. The van der Waals surface area contributed by atoms with Crippen LogP contribution in [-0.2, 0) is 11.2 Å². The van der Waals surface area contributed by atoms with Crippen LogP contribution in [0.3, 0.4) is 0 Å². The topological polar surface area (TPSA) is 36.1 Å². The molecule has 122 valence electrons. The van der Waals surface area contributed by atoms with Crippen LogP contribution in [0.15, 0.2) is 54.6 Å². The summed E-state index contributed by atoms with van der Waals surface area (Å²) in [7, 11) is 0. The molecule has 0 aliphatic carbocycles. The number of carbonyl (C=O) groups excluding carboxylic acids is 1. The van der Waals surface area contributed by atoms with Gasteiger partial charge in [-0.3, -0.25) is 4.79 Å². The first-order valence-electron chi connectivity index (χ1n) is 8.73. The Morgan fingerprint density at radius 1 is 1.12 bits per heavy atom. The molecule has 0 radical (unpaired) electrons. The number of carbonyl (C=O) groups is 1. The van der Waals surface area contributed by atoms with E-state index in [4.69, 9.17) is 0 Å². The SMILES string of the molecule is CCCC(=O)N1CCc2c([nH]c3ccccc23)[C@H]1c1ccccc1. The highest BCUT2D eigenvalue weighted by atomic mass is 16.2. The van der Waals surface area contributed by atoms with E-state index in [0.29, 0.717) is 6.42 Å². The van der Waals surface area contributed by atoms with Crippen LogP contribution in [0, 0.1) is 0 Å². The molecule has 3 aromatic rings. The van der Waals surface area contributed by atoms with E-state index in [9.17, 15) is 4.79 Å². The molecule has 2 heterocycles. The lowest BCUT2D eigenvalue weighted by Crippen LogP contribution is -2.40. The number of aromatic nitrogens is 1. The second-order valence-electron chi connectivity index (χ2n) is 6.46. The minimum atomic E-state index is -0.0126. The summed E-state index contributed by atoms with van der Waals surface area (Å²) < 4.78 is 0. The van der Waals surface area contributed by atoms with Gasteiger partial charge >= 0.3 is 0 Å². The van der Waals surface area contributed by atoms with Gasteiger partial charge in [0.25, 0.3) is 0 Å². The van der Waals surface area contributed by atoms with Gasteiger partial charge in [0.15, 0.2) is 0 Å². The van der Waals surface area contributed by atoms with Crippen molar-refractivity contribution in [2.45, 2.75) is 32.2 Å². The fraction of sp³-hybridized carbons (Fsp3) is 0.286. The Morgan fingerprint density at radius 3 is 2.67 bits per heavy atom. The van der Waals surface area contributed by atoms with Crippen LogP contribution in [0.25, 0.3) is 10.9 Å². The third-order valence-corrected chi connectivity index (χ3v) is 4.93. The van der Waals surface area contributed by atoms with Gasteiger partial charge in [-0.25, -0.2) is 0 Å². The molecule has 1 amide bonds. The predicted octanol–water partition coefficient (Wildman–Crippen LogP) is 4.44. The number of nitrogens with zero attached hydrogens (tertiary/aromatic N) is 1. The first-order chi connectivity index (χ1) is 11.8. The van der Waals surface area contributed by atoms with Crippen molar-refractivity contribution >= 4 is 16.8 Å². The standard InChI is InChI=1S/C21H22N2O/c1-2-8-19(24)23-14-13-17-16-11-6-7-12-18(16)22-20(17)21(23)15-9-4-3-5-10-15/h3-7,9-12,21-22H,2,8,13-14H2,1H3/t21-/m1/s1. The molecule has 1 N–H and O–H groups in total. The third-order valence-electron chi connectivity index (χ3n) is 4.93. The molecular weight excluding hydrogens is 296 g/mol. The number of nitrogens with one attached hydrogen (secondary N) is 1. The van der Waals surface area contributed by atoms with E-state index in [2.05, 4.69) is 65.3 Å². The van der Waals surface area contributed by atoms with Crippen LogP contribution >= 0.6 is 0 Å². The molecule has 0 spiro atoms. The molecular formula is C21H22N2O. The zero-order valence-corrected chi connectivity index (χ0v) is 14.0. The Balaban J connectivity index is 1.87. The molecule has 1 aliphatic heterocycles. The average Bonchev–Trinajstić information content (AvgIpc) is 3.00. The Bertz CT molecular complexity index is 866. The first-order valence-corrected chi connectivity index (χ1v) is 8.73. The number of benzene rings is 2. The molecule has 1 aliphatic rings. The van der Waals surface area contributed by atoms with Crippen LogP contribution in [0.1, 0.15) is 42.6 Å². The van der Waals surface area contributed by atoms with Crippen LogP contribution in [0.4, 0.5) is 0 Å². The molecule has 1 aromatic heterocycles. The van der Waals surface area contributed by atoms with Gasteiger partial charge in [-0.1, -0.05) is 55.5 Å².